The summed E-state index contributed by atoms with van der Waals surface area (Å²) in [4.78, 5) is 11.2. The Kier molecular flexibility index (Phi) is 4.69. The Morgan fingerprint density at radius 1 is 1.58 bits per heavy atom. The van der Waals surface area contributed by atoms with E-state index < -0.39 is 0 Å². The van der Waals surface area contributed by atoms with Crippen molar-refractivity contribution in [2.75, 3.05) is 24.7 Å². The van der Waals surface area contributed by atoms with E-state index in [1.165, 1.54) is 0 Å². The van der Waals surface area contributed by atoms with E-state index in [9.17, 15) is 4.79 Å². The SMILES string of the molecule is CCCOCCC1CSCC1=O. The van der Waals surface area contributed by atoms with E-state index in [0.29, 0.717) is 5.78 Å². The summed E-state index contributed by atoms with van der Waals surface area (Å²) < 4.78 is 5.33. The molecule has 1 rings (SSSR count). The number of carbonyl (C=O) groups is 1. The molecule has 12 heavy (non-hydrogen) atoms. The second-order valence-electron chi connectivity index (χ2n) is 3.08. The quantitative estimate of drug-likeness (QED) is 0.615. The number of ketones is 1. The Bertz CT molecular complexity index is 147. The van der Waals surface area contributed by atoms with Gasteiger partial charge in [0.2, 0.25) is 0 Å². The van der Waals surface area contributed by atoms with Crippen molar-refractivity contribution >= 4 is 17.5 Å². The Labute approximate surface area is 78.1 Å². The maximum Gasteiger partial charge on any atom is 0.146 e. The molecule has 0 aromatic carbocycles. The second-order valence-corrected chi connectivity index (χ2v) is 4.11. The number of carbonyl (C=O) groups excluding carboxylic acids is 1. The van der Waals surface area contributed by atoms with E-state index >= 15 is 0 Å². The van der Waals surface area contributed by atoms with E-state index in [4.69, 9.17) is 4.74 Å². The van der Waals surface area contributed by atoms with Gasteiger partial charge in [-0.25, -0.2) is 0 Å². The first-order valence-corrected chi connectivity index (χ1v) is 5.68. The molecule has 0 N–H and O–H groups in total. The fraction of sp³-hybridized carbons (Fsp3) is 0.889. The minimum Gasteiger partial charge on any atom is -0.381 e. The summed E-state index contributed by atoms with van der Waals surface area (Å²) in [5, 5.41) is 0. The lowest BCUT2D eigenvalue weighted by Crippen LogP contribution is -2.13. The lowest BCUT2D eigenvalue weighted by Gasteiger charge is -2.06. The highest BCUT2D eigenvalue weighted by molar-refractivity contribution is 8.00. The molecule has 0 radical (unpaired) electrons. The lowest BCUT2D eigenvalue weighted by atomic mass is 10.1. The summed E-state index contributed by atoms with van der Waals surface area (Å²) in [6, 6.07) is 0. The normalized spacial score (nSPS) is 23.4. The van der Waals surface area contributed by atoms with Crippen LogP contribution >= 0.6 is 11.8 Å². The van der Waals surface area contributed by atoms with Crippen LogP contribution in [-0.2, 0) is 9.53 Å². The molecule has 1 unspecified atom stereocenters. The Morgan fingerprint density at radius 2 is 2.42 bits per heavy atom. The highest BCUT2D eigenvalue weighted by Gasteiger charge is 2.24. The summed E-state index contributed by atoms with van der Waals surface area (Å²) in [6.45, 7) is 3.68. The van der Waals surface area contributed by atoms with Crippen molar-refractivity contribution in [2.24, 2.45) is 5.92 Å². The van der Waals surface area contributed by atoms with Crippen LogP contribution in [0, 0.1) is 5.92 Å². The first-order valence-electron chi connectivity index (χ1n) is 4.52. The molecule has 0 aromatic heterocycles. The van der Waals surface area contributed by atoms with Crippen LogP contribution in [0.25, 0.3) is 0 Å². The number of thioether (sulfide) groups is 1. The maximum atomic E-state index is 11.2. The van der Waals surface area contributed by atoms with E-state index in [1.54, 1.807) is 11.8 Å². The Hall–Kier alpha value is -0.0200. The summed E-state index contributed by atoms with van der Waals surface area (Å²) in [7, 11) is 0. The first-order chi connectivity index (χ1) is 5.84. The van der Waals surface area contributed by atoms with Gasteiger partial charge in [-0.2, -0.15) is 11.8 Å². The predicted octanol–water partition coefficient (Wildman–Crippen LogP) is 1.74. The van der Waals surface area contributed by atoms with Gasteiger partial charge in [-0.1, -0.05) is 6.92 Å². The second kappa shape index (κ2) is 5.60. The van der Waals surface area contributed by atoms with Crippen LogP contribution in [0.1, 0.15) is 19.8 Å². The summed E-state index contributed by atoms with van der Waals surface area (Å²) >= 11 is 1.75. The lowest BCUT2D eigenvalue weighted by molar-refractivity contribution is -0.119. The molecule has 0 saturated carbocycles. The van der Waals surface area contributed by atoms with Crippen molar-refractivity contribution in [1.82, 2.24) is 0 Å². The Morgan fingerprint density at radius 3 is 3.00 bits per heavy atom. The van der Waals surface area contributed by atoms with Gasteiger partial charge < -0.3 is 4.74 Å². The topological polar surface area (TPSA) is 26.3 Å². The minimum absolute atomic E-state index is 0.284. The number of rotatable bonds is 5. The van der Waals surface area contributed by atoms with Crippen LogP contribution in [-0.4, -0.2) is 30.5 Å². The summed E-state index contributed by atoms with van der Waals surface area (Å²) in [5.74, 6) is 2.43. The molecule has 0 aromatic rings. The molecule has 1 aliphatic rings. The van der Waals surface area contributed by atoms with Gasteiger partial charge >= 0.3 is 0 Å². The van der Waals surface area contributed by atoms with Gasteiger partial charge in [0.05, 0.1) is 5.75 Å². The van der Waals surface area contributed by atoms with Crippen LogP contribution in [0.2, 0.25) is 0 Å². The van der Waals surface area contributed by atoms with Gasteiger partial charge in [-0.3, -0.25) is 4.79 Å². The van der Waals surface area contributed by atoms with Crippen molar-refractivity contribution in [1.29, 1.82) is 0 Å². The van der Waals surface area contributed by atoms with Crippen LogP contribution in [0.4, 0.5) is 0 Å². The van der Waals surface area contributed by atoms with Gasteiger partial charge in [0.1, 0.15) is 5.78 Å². The highest BCUT2D eigenvalue weighted by atomic mass is 32.2. The number of Topliss-reactive ketones (excluding diaryl/α,β-unsaturated/α-hetero) is 1. The van der Waals surface area contributed by atoms with Gasteiger partial charge in [0.15, 0.2) is 0 Å². The smallest absolute Gasteiger partial charge is 0.146 e. The zero-order valence-electron chi connectivity index (χ0n) is 7.54. The fourth-order valence-electron chi connectivity index (χ4n) is 1.23. The largest absolute Gasteiger partial charge is 0.381 e. The Balaban J connectivity index is 2.02. The zero-order valence-corrected chi connectivity index (χ0v) is 8.36. The molecule has 0 aliphatic carbocycles. The average molecular weight is 188 g/mol. The third-order valence-electron chi connectivity index (χ3n) is 1.98. The van der Waals surface area contributed by atoms with Crippen molar-refractivity contribution in [3.8, 4) is 0 Å². The van der Waals surface area contributed by atoms with E-state index in [1.807, 2.05) is 0 Å². The zero-order chi connectivity index (χ0) is 8.81. The number of ether oxygens (including phenoxy) is 1. The molecule has 1 heterocycles. The molecular weight excluding hydrogens is 172 g/mol. The van der Waals surface area contributed by atoms with E-state index in [2.05, 4.69) is 6.92 Å². The summed E-state index contributed by atoms with van der Waals surface area (Å²) in [6.07, 6.45) is 1.99. The van der Waals surface area contributed by atoms with Crippen LogP contribution in [0.15, 0.2) is 0 Å². The molecule has 3 heteroatoms. The molecule has 2 nitrogen and oxygen atoms in total. The van der Waals surface area contributed by atoms with Crippen molar-refractivity contribution < 1.29 is 9.53 Å². The molecule has 1 aliphatic heterocycles. The first kappa shape index (κ1) is 10.1. The molecule has 1 saturated heterocycles. The summed E-state index contributed by atoms with van der Waals surface area (Å²) in [5.41, 5.74) is 0. The van der Waals surface area contributed by atoms with Crippen molar-refractivity contribution in [3.05, 3.63) is 0 Å². The molecule has 1 atom stereocenters. The monoisotopic (exact) mass is 188 g/mol. The van der Waals surface area contributed by atoms with Crippen LogP contribution in [0.5, 0.6) is 0 Å². The predicted molar refractivity (Wildman–Crippen MR) is 51.5 cm³/mol. The molecule has 0 bridgehead atoms. The standard InChI is InChI=1S/C9H16O2S/c1-2-4-11-5-3-8-6-12-7-9(8)10/h8H,2-7H2,1H3. The molecule has 1 fully saturated rings. The van der Waals surface area contributed by atoms with Crippen molar-refractivity contribution in [3.63, 3.8) is 0 Å². The highest BCUT2D eigenvalue weighted by Crippen LogP contribution is 2.22. The van der Waals surface area contributed by atoms with Gasteiger partial charge in [0, 0.05) is 24.9 Å². The molecule has 70 valence electrons. The minimum atomic E-state index is 0.284. The van der Waals surface area contributed by atoms with Gasteiger partial charge in [0.25, 0.3) is 0 Å². The van der Waals surface area contributed by atoms with Crippen LogP contribution in [0.3, 0.4) is 0 Å². The van der Waals surface area contributed by atoms with E-state index in [0.717, 1.165) is 37.6 Å². The number of hydrogen-bond donors (Lipinski definition) is 0. The number of hydrogen-bond acceptors (Lipinski definition) is 3. The molecule has 0 spiro atoms. The van der Waals surface area contributed by atoms with E-state index in [-0.39, 0.29) is 5.92 Å². The van der Waals surface area contributed by atoms with Gasteiger partial charge in [-0.15, -0.1) is 0 Å². The van der Waals surface area contributed by atoms with Crippen LogP contribution < -0.4 is 0 Å². The van der Waals surface area contributed by atoms with Gasteiger partial charge in [-0.05, 0) is 12.8 Å². The third kappa shape index (κ3) is 3.15. The maximum absolute atomic E-state index is 11.2. The third-order valence-corrected chi connectivity index (χ3v) is 3.10. The average Bonchev–Trinajstić information content (AvgIpc) is 2.46. The fourth-order valence-corrected chi connectivity index (χ4v) is 2.42. The van der Waals surface area contributed by atoms with Crippen molar-refractivity contribution in [2.45, 2.75) is 19.8 Å². The molecule has 0 amide bonds. The molecular formula is C9H16O2S.